The van der Waals surface area contributed by atoms with E-state index in [2.05, 4.69) is 4.74 Å². The number of carbonyl (C=O) groups excluding carboxylic acids is 1. The van der Waals surface area contributed by atoms with Crippen molar-refractivity contribution in [3.05, 3.63) is 0 Å². The Morgan fingerprint density at radius 1 is 1.83 bits per heavy atom. The van der Waals surface area contributed by atoms with E-state index in [0.717, 1.165) is 0 Å². The summed E-state index contributed by atoms with van der Waals surface area (Å²) in [6, 6.07) is 0.0647. The molecule has 0 spiro atoms. The average Bonchev–Trinajstić information content (AvgIpc) is 1.61. The first-order valence-corrected chi connectivity index (χ1v) is 1.94. The molecule has 0 unspecified atom stereocenters. The lowest BCUT2D eigenvalue weighted by molar-refractivity contribution is 0.219. The van der Waals surface area contributed by atoms with Gasteiger partial charge in [-0.2, -0.15) is 0 Å². The minimum atomic E-state index is -0.0243. The van der Waals surface area contributed by atoms with E-state index in [1.807, 2.05) is 0 Å². The lowest BCUT2D eigenvalue weighted by atomic mass is 10.8. The predicted octanol–water partition coefficient (Wildman–Crippen LogP) is 0.309. The summed E-state index contributed by atoms with van der Waals surface area (Å²) in [7, 11) is 0. The maximum absolute atomic E-state index is 9.26. The topological polar surface area (TPSA) is 26.3 Å². The van der Waals surface area contributed by atoms with E-state index < -0.39 is 0 Å². The van der Waals surface area contributed by atoms with Crippen LogP contribution in [-0.4, -0.2) is 19.0 Å². The molecule has 0 aromatic rings. The van der Waals surface area contributed by atoms with Gasteiger partial charge in [0.05, 0.1) is 0 Å². The minimum Gasteiger partial charge on any atom is -0.357 e. The van der Waals surface area contributed by atoms with Crippen LogP contribution in [0.2, 0.25) is 0 Å². The zero-order chi connectivity index (χ0) is 4.83. The van der Waals surface area contributed by atoms with Crippen LogP contribution in [0.4, 0.5) is 0 Å². The molecule has 0 aliphatic carbocycles. The van der Waals surface area contributed by atoms with Crippen molar-refractivity contribution in [2.24, 2.45) is 0 Å². The molecule has 6 heavy (non-hydrogen) atoms. The highest BCUT2D eigenvalue weighted by atomic mass is 35.5. The van der Waals surface area contributed by atoms with Crippen LogP contribution >= 0.6 is 11.6 Å². The third-order valence-corrected chi connectivity index (χ3v) is 0.392. The van der Waals surface area contributed by atoms with E-state index in [-0.39, 0.29) is 12.7 Å². The maximum atomic E-state index is 9.26. The molecule has 0 bridgehead atoms. The Morgan fingerprint density at radius 2 is 2.50 bits per heavy atom. The zero-order valence-corrected chi connectivity index (χ0v) is 3.86. The molecule has 0 heterocycles. The van der Waals surface area contributed by atoms with Gasteiger partial charge in [0, 0.05) is 0 Å². The van der Waals surface area contributed by atoms with Gasteiger partial charge >= 0.3 is 0 Å². The van der Waals surface area contributed by atoms with Crippen LogP contribution in [0.5, 0.6) is 0 Å². The third-order valence-electron chi connectivity index (χ3n) is 0.238. The quantitative estimate of drug-likeness (QED) is 0.383. The Kier molecular flexibility index (Phi) is 4.85. The highest BCUT2D eigenvalue weighted by molar-refractivity contribution is 6.17. The molecule has 0 aromatic heterocycles. The molecular weight excluding hydrogens is 103 g/mol. The molecule has 0 saturated heterocycles. The van der Waals surface area contributed by atoms with Gasteiger partial charge in [0.1, 0.15) is 12.7 Å². The van der Waals surface area contributed by atoms with Gasteiger partial charge in [-0.25, -0.2) is 0 Å². The van der Waals surface area contributed by atoms with Gasteiger partial charge in [-0.1, -0.05) is 11.6 Å². The van der Waals surface area contributed by atoms with Crippen LogP contribution in [0, 0.1) is 0 Å². The van der Waals surface area contributed by atoms with Crippen LogP contribution in [0.1, 0.15) is 0 Å². The number of rotatable bonds is 3. The molecule has 0 saturated carbocycles. The molecule has 0 fully saturated rings. The van der Waals surface area contributed by atoms with Crippen molar-refractivity contribution in [1.82, 2.24) is 0 Å². The van der Waals surface area contributed by atoms with Crippen molar-refractivity contribution in [3.8, 4) is 0 Å². The Balaban J connectivity index is 2.49. The van der Waals surface area contributed by atoms with Crippen LogP contribution in [-0.2, 0) is 9.53 Å². The van der Waals surface area contributed by atoms with E-state index in [1.165, 1.54) is 6.29 Å². The fourth-order valence-corrected chi connectivity index (χ4v) is 0.157. The van der Waals surface area contributed by atoms with Gasteiger partial charge in [0.2, 0.25) is 6.29 Å². The van der Waals surface area contributed by atoms with Gasteiger partial charge in [-0.3, -0.25) is 4.79 Å². The molecule has 0 N–H and O–H groups in total. The van der Waals surface area contributed by atoms with Gasteiger partial charge < -0.3 is 4.74 Å². The molecular formula is C3H4ClO2. The van der Waals surface area contributed by atoms with Gasteiger partial charge in [-0.05, 0) is 0 Å². The first-order valence-electron chi connectivity index (χ1n) is 1.40. The SMILES string of the molecule is O=[C]COCCl. The molecule has 1 radical (unpaired) electrons. The van der Waals surface area contributed by atoms with Crippen molar-refractivity contribution in [1.29, 1.82) is 0 Å². The summed E-state index contributed by atoms with van der Waals surface area (Å²) in [5.41, 5.74) is 0. The van der Waals surface area contributed by atoms with Crippen LogP contribution in [0.15, 0.2) is 0 Å². The van der Waals surface area contributed by atoms with Gasteiger partial charge in [-0.15, -0.1) is 0 Å². The van der Waals surface area contributed by atoms with Crippen LogP contribution in [0.25, 0.3) is 0 Å². The van der Waals surface area contributed by atoms with Crippen LogP contribution in [0.3, 0.4) is 0 Å². The fourth-order valence-electron chi connectivity index (χ4n) is 0.0802. The van der Waals surface area contributed by atoms with E-state index in [4.69, 9.17) is 11.6 Å². The number of alkyl halides is 1. The Bertz CT molecular complexity index is 37.8. The highest BCUT2D eigenvalue weighted by Crippen LogP contribution is 1.72. The van der Waals surface area contributed by atoms with Gasteiger partial charge in [0.25, 0.3) is 0 Å². The molecule has 3 heteroatoms. The summed E-state index contributed by atoms with van der Waals surface area (Å²) in [4.78, 5) is 9.26. The van der Waals surface area contributed by atoms with E-state index >= 15 is 0 Å². The van der Waals surface area contributed by atoms with Crippen molar-refractivity contribution in [3.63, 3.8) is 0 Å². The zero-order valence-electron chi connectivity index (χ0n) is 3.11. The fraction of sp³-hybridized carbons (Fsp3) is 0.667. The summed E-state index contributed by atoms with van der Waals surface area (Å²) in [6.45, 7) is -0.0243. The number of halogens is 1. The molecule has 0 aliphatic rings. The second kappa shape index (κ2) is 4.92. The average molecular weight is 108 g/mol. The normalized spacial score (nSPS) is 8.17. The Hall–Kier alpha value is -0.0800. The minimum absolute atomic E-state index is 0.0243. The Morgan fingerprint density at radius 3 is 2.67 bits per heavy atom. The summed E-state index contributed by atoms with van der Waals surface area (Å²) >= 11 is 4.98. The van der Waals surface area contributed by atoms with E-state index in [0.29, 0.717) is 0 Å². The van der Waals surface area contributed by atoms with Crippen molar-refractivity contribution < 1.29 is 9.53 Å². The smallest absolute Gasteiger partial charge is 0.226 e. The van der Waals surface area contributed by atoms with Gasteiger partial charge in [0.15, 0.2) is 0 Å². The largest absolute Gasteiger partial charge is 0.357 e. The van der Waals surface area contributed by atoms with E-state index in [9.17, 15) is 4.79 Å². The molecule has 0 aliphatic heterocycles. The van der Waals surface area contributed by atoms with Crippen LogP contribution < -0.4 is 0 Å². The summed E-state index contributed by atoms with van der Waals surface area (Å²) in [5, 5.41) is 0. The highest BCUT2D eigenvalue weighted by Gasteiger charge is 1.75. The lowest BCUT2D eigenvalue weighted by Gasteiger charge is -1.82. The van der Waals surface area contributed by atoms with Crippen molar-refractivity contribution in [2.45, 2.75) is 0 Å². The first kappa shape index (κ1) is 5.92. The second-order valence-electron chi connectivity index (χ2n) is 0.602. The second-order valence-corrected chi connectivity index (χ2v) is 0.820. The molecule has 35 valence electrons. The van der Waals surface area contributed by atoms with E-state index in [1.54, 1.807) is 0 Å². The summed E-state index contributed by atoms with van der Waals surface area (Å²) in [6.07, 6.45) is 1.51. The maximum Gasteiger partial charge on any atom is 0.226 e. The van der Waals surface area contributed by atoms with Crippen molar-refractivity contribution in [2.75, 3.05) is 12.7 Å². The molecule has 2 nitrogen and oxygen atoms in total. The summed E-state index contributed by atoms with van der Waals surface area (Å²) in [5.74, 6) is 0. The number of ether oxygens (including phenoxy) is 1. The monoisotopic (exact) mass is 107 g/mol. The molecule has 0 atom stereocenters. The summed E-state index contributed by atoms with van der Waals surface area (Å²) < 4.78 is 4.32. The standard InChI is InChI=1S/C3H4ClO2/c4-3-6-2-1-5/h2-3H2. The molecule has 0 aromatic carbocycles. The Labute approximate surface area is 41.0 Å². The molecule has 0 amide bonds. The third kappa shape index (κ3) is 3.92. The van der Waals surface area contributed by atoms with Crippen molar-refractivity contribution >= 4 is 17.9 Å². The first-order chi connectivity index (χ1) is 2.91. The molecule has 0 rings (SSSR count). The number of hydrogen-bond acceptors (Lipinski definition) is 2. The lowest BCUT2D eigenvalue weighted by Crippen LogP contribution is -1.89. The number of hydrogen-bond donors (Lipinski definition) is 0. The predicted molar refractivity (Wildman–Crippen MR) is 22.4 cm³/mol.